The standard InChI is InChI=1S/C10H11ClINOS/c11-4-7-1-2-13(5-7)10(14)8-3-9(12)15-6-8/h3,6-7H,1-2,4-5H2. The zero-order chi connectivity index (χ0) is 10.8. The highest BCUT2D eigenvalue weighted by molar-refractivity contribution is 14.1. The van der Waals surface area contributed by atoms with Crippen LogP contribution >= 0.6 is 45.5 Å². The average molecular weight is 356 g/mol. The van der Waals surface area contributed by atoms with E-state index in [1.807, 2.05) is 16.3 Å². The summed E-state index contributed by atoms with van der Waals surface area (Å²) >= 11 is 9.64. The topological polar surface area (TPSA) is 20.3 Å². The molecule has 1 atom stereocenters. The van der Waals surface area contributed by atoms with Crippen molar-refractivity contribution in [2.24, 2.45) is 5.92 Å². The van der Waals surface area contributed by atoms with E-state index in [0.29, 0.717) is 11.8 Å². The third kappa shape index (κ3) is 2.65. The molecule has 1 aromatic rings. The van der Waals surface area contributed by atoms with Crippen molar-refractivity contribution in [3.05, 3.63) is 19.9 Å². The van der Waals surface area contributed by atoms with Gasteiger partial charge in [0.25, 0.3) is 5.91 Å². The molecule has 1 aliphatic heterocycles. The molecule has 0 radical (unpaired) electrons. The van der Waals surface area contributed by atoms with Crippen molar-refractivity contribution in [1.29, 1.82) is 0 Å². The van der Waals surface area contributed by atoms with E-state index >= 15 is 0 Å². The van der Waals surface area contributed by atoms with Gasteiger partial charge < -0.3 is 4.90 Å². The number of thiophene rings is 1. The summed E-state index contributed by atoms with van der Waals surface area (Å²) in [6, 6.07) is 1.95. The lowest BCUT2D eigenvalue weighted by molar-refractivity contribution is 0.0789. The van der Waals surface area contributed by atoms with Crippen LogP contribution in [0.1, 0.15) is 16.8 Å². The summed E-state index contributed by atoms with van der Waals surface area (Å²) in [5, 5.41) is 1.93. The molecule has 82 valence electrons. The second-order valence-corrected chi connectivity index (χ2v) is 6.81. The molecule has 0 spiro atoms. The summed E-state index contributed by atoms with van der Waals surface area (Å²) in [6.07, 6.45) is 1.04. The number of carbonyl (C=O) groups excluding carboxylic acids is 1. The summed E-state index contributed by atoms with van der Waals surface area (Å²) < 4.78 is 1.16. The Morgan fingerprint density at radius 2 is 2.53 bits per heavy atom. The Bertz CT molecular complexity index is 368. The molecule has 0 aromatic carbocycles. The largest absolute Gasteiger partial charge is 0.338 e. The van der Waals surface area contributed by atoms with Gasteiger partial charge in [0.15, 0.2) is 0 Å². The van der Waals surface area contributed by atoms with Crippen molar-refractivity contribution in [3.8, 4) is 0 Å². The fourth-order valence-electron chi connectivity index (χ4n) is 1.75. The van der Waals surface area contributed by atoms with E-state index in [0.717, 1.165) is 28.0 Å². The lowest BCUT2D eigenvalue weighted by Crippen LogP contribution is -2.28. The van der Waals surface area contributed by atoms with Crippen molar-refractivity contribution in [2.75, 3.05) is 19.0 Å². The molecule has 1 saturated heterocycles. The van der Waals surface area contributed by atoms with E-state index in [4.69, 9.17) is 11.6 Å². The van der Waals surface area contributed by atoms with Gasteiger partial charge in [-0.1, -0.05) is 0 Å². The Balaban J connectivity index is 2.03. The highest BCUT2D eigenvalue weighted by Gasteiger charge is 2.26. The molecule has 0 aliphatic carbocycles. The number of halogens is 2. The van der Waals surface area contributed by atoms with Crippen LogP contribution in [0.3, 0.4) is 0 Å². The summed E-state index contributed by atoms with van der Waals surface area (Å²) in [7, 11) is 0. The Labute approximate surface area is 112 Å². The smallest absolute Gasteiger partial charge is 0.254 e. The maximum Gasteiger partial charge on any atom is 0.254 e. The second-order valence-electron chi connectivity index (χ2n) is 3.70. The average Bonchev–Trinajstić information content (AvgIpc) is 2.84. The van der Waals surface area contributed by atoms with E-state index in [9.17, 15) is 4.79 Å². The van der Waals surface area contributed by atoms with Crippen molar-refractivity contribution < 1.29 is 4.79 Å². The van der Waals surface area contributed by atoms with Gasteiger partial charge in [-0.15, -0.1) is 22.9 Å². The van der Waals surface area contributed by atoms with Gasteiger partial charge in [0.05, 0.1) is 8.45 Å². The third-order valence-electron chi connectivity index (χ3n) is 2.61. The zero-order valence-electron chi connectivity index (χ0n) is 8.08. The summed E-state index contributed by atoms with van der Waals surface area (Å²) in [5.74, 6) is 1.29. The van der Waals surface area contributed by atoms with Gasteiger partial charge in [0, 0.05) is 24.3 Å². The first-order chi connectivity index (χ1) is 7.20. The van der Waals surface area contributed by atoms with Gasteiger partial charge in [-0.05, 0) is 41.0 Å². The molecule has 1 aromatic heterocycles. The number of likely N-dealkylation sites (tertiary alicyclic amines) is 1. The highest BCUT2D eigenvalue weighted by Crippen LogP contribution is 2.22. The maximum absolute atomic E-state index is 12.0. The molecule has 15 heavy (non-hydrogen) atoms. The van der Waals surface area contributed by atoms with Crippen LogP contribution in [-0.2, 0) is 0 Å². The molecule has 1 aliphatic rings. The summed E-state index contributed by atoms with van der Waals surface area (Å²) in [6.45, 7) is 1.66. The molecule has 1 amide bonds. The lowest BCUT2D eigenvalue weighted by Gasteiger charge is -2.14. The first-order valence-electron chi connectivity index (χ1n) is 4.80. The minimum absolute atomic E-state index is 0.154. The van der Waals surface area contributed by atoms with Gasteiger partial charge in [0.2, 0.25) is 0 Å². The number of nitrogens with zero attached hydrogens (tertiary/aromatic N) is 1. The van der Waals surface area contributed by atoms with Crippen LogP contribution in [0.15, 0.2) is 11.4 Å². The van der Waals surface area contributed by atoms with Gasteiger partial charge >= 0.3 is 0 Å². The van der Waals surface area contributed by atoms with E-state index in [1.165, 1.54) is 0 Å². The van der Waals surface area contributed by atoms with Gasteiger partial charge in [0.1, 0.15) is 0 Å². The summed E-state index contributed by atoms with van der Waals surface area (Å²) in [5.41, 5.74) is 0.819. The number of amides is 1. The van der Waals surface area contributed by atoms with E-state index in [2.05, 4.69) is 22.6 Å². The molecule has 2 nitrogen and oxygen atoms in total. The third-order valence-corrected chi connectivity index (χ3v) is 4.83. The van der Waals surface area contributed by atoms with Crippen LogP contribution in [0.2, 0.25) is 0 Å². The first kappa shape index (κ1) is 11.7. The maximum atomic E-state index is 12.0. The Morgan fingerprint density at radius 1 is 1.73 bits per heavy atom. The Hall–Kier alpha value is 0.190. The molecule has 0 saturated carbocycles. The predicted octanol–water partition coefficient (Wildman–Crippen LogP) is 3.05. The number of hydrogen-bond acceptors (Lipinski definition) is 2. The SMILES string of the molecule is O=C(c1csc(I)c1)N1CCC(CCl)C1. The fourth-order valence-corrected chi connectivity index (χ4v) is 3.32. The number of alkyl halides is 1. The molecule has 2 heterocycles. The molecule has 0 N–H and O–H groups in total. The lowest BCUT2D eigenvalue weighted by atomic mass is 10.2. The molecular weight excluding hydrogens is 345 g/mol. The minimum Gasteiger partial charge on any atom is -0.338 e. The highest BCUT2D eigenvalue weighted by atomic mass is 127. The van der Waals surface area contributed by atoms with Gasteiger partial charge in [-0.25, -0.2) is 0 Å². The first-order valence-corrected chi connectivity index (χ1v) is 7.29. The van der Waals surface area contributed by atoms with Crippen molar-refractivity contribution >= 4 is 51.4 Å². The quantitative estimate of drug-likeness (QED) is 0.590. The van der Waals surface area contributed by atoms with Crippen molar-refractivity contribution in [2.45, 2.75) is 6.42 Å². The van der Waals surface area contributed by atoms with Crippen LogP contribution in [0.4, 0.5) is 0 Å². The molecule has 1 fully saturated rings. The Kier molecular flexibility index (Phi) is 3.90. The second kappa shape index (κ2) is 5.01. The monoisotopic (exact) mass is 355 g/mol. The predicted molar refractivity (Wildman–Crippen MR) is 71.8 cm³/mol. The fraction of sp³-hybridized carbons (Fsp3) is 0.500. The van der Waals surface area contributed by atoms with Crippen LogP contribution in [-0.4, -0.2) is 29.8 Å². The van der Waals surface area contributed by atoms with E-state index in [-0.39, 0.29) is 5.91 Å². The molecular formula is C10H11ClINOS. The number of hydrogen-bond donors (Lipinski definition) is 0. The van der Waals surface area contributed by atoms with Crippen LogP contribution in [0.5, 0.6) is 0 Å². The van der Waals surface area contributed by atoms with Crippen LogP contribution < -0.4 is 0 Å². The van der Waals surface area contributed by atoms with E-state index < -0.39 is 0 Å². The van der Waals surface area contributed by atoms with Crippen molar-refractivity contribution in [3.63, 3.8) is 0 Å². The number of carbonyl (C=O) groups is 1. The number of rotatable bonds is 2. The minimum atomic E-state index is 0.154. The van der Waals surface area contributed by atoms with Crippen LogP contribution in [0.25, 0.3) is 0 Å². The van der Waals surface area contributed by atoms with Gasteiger partial charge in [-0.2, -0.15) is 0 Å². The van der Waals surface area contributed by atoms with Gasteiger partial charge in [-0.3, -0.25) is 4.79 Å². The van der Waals surface area contributed by atoms with Crippen molar-refractivity contribution in [1.82, 2.24) is 4.90 Å². The molecule has 1 unspecified atom stereocenters. The molecule has 2 rings (SSSR count). The zero-order valence-corrected chi connectivity index (χ0v) is 11.8. The molecule has 0 bridgehead atoms. The molecule has 5 heteroatoms. The van der Waals surface area contributed by atoms with Crippen LogP contribution in [0, 0.1) is 8.80 Å². The normalized spacial score (nSPS) is 20.9. The van der Waals surface area contributed by atoms with E-state index in [1.54, 1.807) is 11.3 Å². The Morgan fingerprint density at radius 3 is 3.07 bits per heavy atom. The summed E-state index contributed by atoms with van der Waals surface area (Å²) in [4.78, 5) is 13.9.